The summed E-state index contributed by atoms with van der Waals surface area (Å²) < 4.78 is 14.9. The van der Waals surface area contributed by atoms with Gasteiger partial charge in [-0.1, -0.05) is 6.07 Å². The quantitative estimate of drug-likeness (QED) is 0.566. The molecule has 0 unspecified atom stereocenters. The molecule has 3 heterocycles. The number of benzene rings is 1. The second-order valence-electron chi connectivity index (χ2n) is 5.92. The lowest BCUT2D eigenvalue weighted by Gasteiger charge is -2.03. The second kappa shape index (κ2) is 6.76. The van der Waals surface area contributed by atoms with E-state index in [1.54, 1.807) is 36.1 Å². The third-order valence-electron chi connectivity index (χ3n) is 4.10. The number of rotatable bonds is 4. The van der Waals surface area contributed by atoms with Gasteiger partial charge in [-0.2, -0.15) is 5.10 Å². The molecule has 2 N–H and O–H groups in total. The fourth-order valence-electron chi connectivity index (χ4n) is 2.77. The van der Waals surface area contributed by atoms with Gasteiger partial charge in [-0.25, -0.2) is 14.1 Å². The molecule has 0 spiro atoms. The molecule has 1 aromatic carbocycles. The van der Waals surface area contributed by atoms with Gasteiger partial charge in [0.1, 0.15) is 10.6 Å². The number of nitrogens with zero attached hydrogens (tertiary/aromatic N) is 3. The first kappa shape index (κ1) is 17.1. The van der Waals surface area contributed by atoms with E-state index in [2.05, 4.69) is 20.4 Å². The van der Waals surface area contributed by atoms with E-state index in [1.807, 2.05) is 0 Å². The van der Waals surface area contributed by atoms with E-state index in [1.165, 1.54) is 29.8 Å². The number of H-pyrrole nitrogens is 1. The van der Waals surface area contributed by atoms with Crippen LogP contribution in [0.25, 0.3) is 15.9 Å². The topological polar surface area (TPSA) is 92.7 Å². The third kappa shape index (κ3) is 3.24. The summed E-state index contributed by atoms with van der Waals surface area (Å²) in [6, 6.07) is 6.08. The highest BCUT2D eigenvalue weighted by molar-refractivity contribution is 7.20. The van der Waals surface area contributed by atoms with Crippen LogP contribution in [0.15, 0.2) is 47.8 Å². The van der Waals surface area contributed by atoms with Crippen molar-refractivity contribution in [2.24, 2.45) is 0 Å². The number of nitrogens with one attached hydrogen (secondary N) is 2. The average molecular weight is 383 g/mol. The lowest BCUT2D eigenvalue weighted by molar-refractivity contribution is 0.0954. The summed E-state index contributed by atoms with van der Waals surface area (Å²) >= 11 is 1.18. The van der Waals surface area contributed by atoms with Crippen molar-refractivity contribution in [3.63, 3.8) is 0 Å². The Labute approximate surface area is 156 Å². The Bertz CT molecular complexity index is 1210. The van der Waals surface area contributed by atoms with Crippen LogP contribution >= 0.6 is 11.3 Å². The molecule has 0 aliphatic carbocycles. The van der Waals surface area contributed by atoms with E-state index in [-0.39, 0.29) is 23.8 Å². The first-order chi connectivity index (χ1) is 13.0. The van der Waals surface area contributed by atoms with Crippen LogP contribution in [0.2, 0.25) is 0 Å². The number of aromatic nitrogens is 4. The largest absolute Gasteiger partial charge is 0.347 e. The molecule has 3 aromatic heterocycles. The molecule has 9 heteroatoms. The van der Waals surface area contributed by atoms with Crippen molar-refractivity contribution in [3.05, 3.63) is 75.2 Å². The summed E-state index contributed by atoms with van der Waals surface area (Å²) in [7, 11) is 0. The number of hydrogen-bond donors (Lipinski definition) is 2. The first-order valence-electron chi connectivity index (χ1n) is 8.07. The smallest absolute Gasteiger partial charge is 0.261 e. The van der Waals surface area contributed by atoms with Crippen LogP contribution in [0.1, 0.15) is 20.8 Å². The zero-order valence-electron chi connectivity index (χ0n) is 14.2. The lowest BCUT2D eigenvalue weighted by Crippen LogP contribution is -2.22. The number of fused-ring (bicyclic) bond motifs is 1. The number of aryl methyl sites for hydroxylation is 1. The normalized spacial score (nSPS) is 11.0. The number of carbonyl (C=O) groups is 1. The summed E-state index contributed by atoms with van der Waals surface area (Å²) in [6.45, 7) is 1.98. The summed E-state index contributed by atoms with van der Waals surface area (Å²) in [6.07, 6.45) is 4.65. The molecule has 27 heavy (non-hydrogen) atoms. The number of halogens is 1. The van der Waals surface area contributed by atoms with Gasteiger partial charge in [-0.05, 0) is 30.7 Å². The highest BCUT2D eigenvalue weighted by Crippen LogP contribution is 2.26. The van der Waals surface area contributed by atoms with Gasteiger partial charge in [-0.3, -0.25) is 9.59 Å². The highest BCUT2D eigenvalue weighted by Gasteiger charge is 2.18. The molecule has 0 bridgehead atoms. The van der Waals surface area contributed by atoms with E-state index in [0.717, 1.165) is 5.56 Å². The Morgan fingerprint density at radius 3 is 3.04 bits per heavy atom. The summed E-state index contributed by atoms with van der Waals surface area (Å²) in [5.74, 6) is -0.630. The fraction of sp³-hybridized carbons (Fsp3) is 0.111. The highest BCUT2D eigenvalue weighted by atomic mass is 32.1. The van der Waals surface area contributed by atoms with Gasteiger partial charge in [-0.15, -0.1) is 11.3 Å². The van der Waals surface area contributed by atoms with E-state index in [4.69, 9.17) is 0 Å². The molecule has 0 saturated carbocycles. The molecule has 0 saturated heterocycles. The number of thiophene rings is 1. The van der Waals surface area contributed by atoms with Gasteiger partial charge < -0.3 is 10.3 Å². The van der Waals surface area contributed by atoms with Gasteiger partial charge in [0.05, 0.1) is 28.5 Å². The first-order valence-corrected chi connectivity index (χ1v) is 8.89. The van der Waals surface area contributed by atoms with Gasteiger partial charge in [0, 0.05) is 18.3 Å². The van der Waals surface area contributed by atoms with Crippen LogP contribution in [-0.2, 0) is 6.54 Å². The van der Waals surface area contributed by atoms with Crippen LogP contribution in [-0.4, -0.2) is 25.7 Å². The molecule has 0 atom stereocenters. The molecule has 0 aliphatic heterocycles. The van der Waals surface area contributed by atoms with Crippen LogP contribution in [0, 0.1) is 12.7 Å². The second-order valence-corrected chi connectivity index (χ2v) is 6.92. The van der Waals surface area contributed by atoms with Crippen molar-refractivity contribution in [2.75, 3.05) is 0 Å². The Morgan fingerprint density at radius 1 is 1.41 bits per heavy atom. The predicted molar refractivity (Wildman–Crippen MR) is 99.7 cm³/mol. The minimum atomic E-state index is -0.346. The van der Waals surface area contributed by atoms with Gasteiger partial charge in [0.25, 0.3) is 11.5 Å². The van der Waals surface area contributed by atoms with Crippen molar-refractivity contribution < 1.29 is 9.18 Å². The van der Waals surface area contributed by atoms with Crippen molar-refractivity contribution >= 4 is 27.5 Å². The SMILES string of the molecule is Cc1c(C(=O)NCc2cnn(-c3cccc(F)c3)c2)sc2nc[nH]c(=O)c12. The molecule has 4 rings (SSSR count). The Morgan fingerprint density at radius 2 is 2.26 bits per heavy atom. The minimum Gasteiger partial charge on any atom is -0.347 e. The average Bonchev–Trinajstić information content (AvgIpc) is 3.25. The molecular weight excluding hydrogens is 369 g/mol. The van der Waals surface area contributed by atoms with Crippen molar-refractivity contribution in [2.45, 2.75) is 13.5 Å². The molecule has 1 amide bonds. The minimum absolute atomic E-state index is 0.256. The maximum Gasteiger partial charge on any atom is 0.261 e. The molecule has 0 aliphatic rings. The van der Waals surface area contributed by atoms with Crippen LogP contribution < -0.4 is 10.9 Å². The number of aromatic amines is 1. The maximum absolute atomic E-state index is 13.3. The summed E-state index contributed by atoms with van der Waals surface area (Å²) in [5.41, 5.74) is 1.71. The van der Waals surface area contributed by atoms with Gasteiger partial charge in [0.2, 0.25) is 0 Å². The number of hydrogen-bond acceptors (Lipinski definition) is 5. The zero-order valence-corrected chi connectivity index (χ0v) is 15.0. The van der Waals surface area contributed by atoms with E-state index in [0.29, 0.717) is 26.3 Å². The van der Waals surface area contributed by atoms with Crippen molar-refractivity contribution in [3.8, 4) is 5.69 Å². The molecule has 136 valence electrons. The van der Waals surface area contributed by atoms with E-state index >= 15 is 0 Å². The van der Waals surface area contributed by atoms with Gasteiger partial charge in [0.15, 0.2) is 0 Å². The van der Waals surface area contributed by atoms with Crippen LogP contribution in [0.5, 0.6) is 0 Å². The Kier molecular flexibility index (Phi) is 4.28. The van der Waals surface area contributed by atoms with E-state index < -0.39 is 0 Å². The number of amides is 1. The van der Waals surface area contributed by atoms with Crippen molar-refractivity contribution in [1.29, 1.82) is 0 Å². The zero-order chi connectivity index (χ0) is 19.0. The van der Waals surface area contributed by atoms with Gasteiger partial charge >= 0.3 is 0 Å². The molecule has 0 radical (unpaired) electrons. The lowest BCUT2D eigenvalue weighted by atomic mass is 10.2. The van der Waals surface area contributed by atoms with Crippen LogP contribution in [0.3, 0.4) is 0 Å². The standard InChI is InChI=1S/C18H14FN5O2S/c1-10-14-16(25)21-9-22-18(14)27-15(10)17(26)20-6-11-7-23-24(8-11)13-4-2-3-12(19)5-13/h2-5,7-9H,6H2,1H3,(H,20,26)(H,21,22,25). The number of carbonyl (C=O) groups excluding carboxylic acids is 1. The maximum atomic E-state index is 13.3. The van der Waals surface area contributed by atoms with Crippen LogP contribution in [0.4, 0.5) is 4.39 Å². The molecule has 7 nitrogen and oxygen atoms in total. The summed E-state index contributed by atoms with van der Waals surface area (Å²) in [5, 5.41) is 7.44. The van der Waals surface area contributed by atoms with Crippen molar-refractivity contribution in [1.82, 2.24) is 25.1 Å². The monoisotopic (exact) mass is 383 g/mol. The molecule has 0 fully saturated rings. The molecular formula is C18H14FN5O2S. The predicted octanol–water partition coefficient (Wildman–Crippen LogP) is 2.55. The fourth-order valence-corrected chi connectivity index (χ4v) is 3.84. The third-order valence-corrected chi connectivity index (χ3v) is 5.30. The molecule has 4 aromatic rings. The summed E-state index contributed by atoms with van der Waals surface area (Å²) in [4.78, 5) is 32.0. The Hall–Kier alpha value is -3.33. The Balaban J connectivity index is 1.51. The van der Waals surface area contributed by atoms with E-state index in [9.17, 15) is 14.0 Å².